The lowest BCUT2D eigenvalue weighted by Gasteiger charge is -2.25. The zero-order valence-electron chi connectivity index (χ0n) is 25.1. The molecule has 2 aromatic heterocycles. The van der Waals surface area contributed by atoms with Crippen molar-refractivity contribution in [3.63, 3.8) is 0 Å². The summed E-state index contributed by atoms with van der Waals surface area (Å²) in [5.74, 6) is -1.44. The number of alkyl halides is 1. The van der Waals surface area contributed by atoms with Crippen LogP contribution in [-0.2, 0) is 28.2 Å². The monoisotopic (exact) mass is 637 g/mol. The summed E-state index contributed by atoms with van der Waals surface area (Å²) in [4.78, 5) is 37.1. The Morgan fingerprint density at radius 1 is 1.20 bits per heavy atom. The second-order valence-electron chi connectivity index (χ2n) is 11.1. The molecule has 0 spiro atoms. The third-order valence-corrected chi connectivity index (χ3v) is 8.25. The molecule has 5 N–H and O–H groups in total. The Bertz CT molecular complexity index is 1540. The first-order valence-corrected chi connectivity index (χ1v) is 15.5. The minimum atomic E-state index is -4.33. The molecule has 15 nitrogen and oxygen atoms in total. The number of nitrogens with one attached hydrogen (secondary N) is 2. The van der Waals surface area contributed by atoms with Crippen LogP contribution in [0.2, 0.25) is 0 Å². The lowest BCUT2D eigenvalue weighted by atomic mass is 9.98. The van der Waals surface area contributed by atoms with Crippen molar-refractivity contribution in [2.75, 3.05) is 17.7 Å². The number of rotatable bonds is 12. The Morgan fingerprint density at radius 3 is 2.52 bits per heavy atom. The molecular formula is C27H37FN7O8P. The molecule has 1 aromatic carbocycles. The van der Waals surface area contributed by atoms with Crippen LogP contribution in [0.1, 0.15) is 47.8 Å². The summed E-state index contributed by atoms with van der Waals surface area (Å²) in [6.07, 6.45) is -3.85. The highest BCUT2D eigenvalue weighted by Crippen LogP contribution is 2.48. The molecule has 44 heavy (non-hydrogen) atoms. The second kappa shape index (κ2) is 13.1. The van der Waals surface area contributed by atoms with Gasteiger partial charge in [0.2, 0.25) is 11.9 Å². The third kappa shape index (κ3) is 7.33. The van der Waals surface area contributed by atoms with E-state index in [9.17, 15) is 19.3 Å². The van der Waals surface area contributed by atoms with Crippen LogP contribution in [-0.4, -0.2) is 73.1 Å². The van der Waals surface area contributed by atoms with Gasteiger partial charge in [-0.1, -0.05) is 32.0 Å². The van der Waals surface area contributed by atoms with Crippen molar-refractivity contribution < 1.29 is 42.2 Å². The topological polar surface area (TPSA) is 202 Å². The number of ether oxygens (including phenoxy) is 2. The van der Waals surface area contributed by atoms with Crippen LogP contribution in [0.15, 0.2) is 36.7 Å². The number of hydrogen-bond donors (Lipinski definition) is 4. The quantitative estimate of drug-likeness (QED) is 0.167. The molecule has 1 unspecified atom stereocenters. The number of nitrogen functional groups attached to an aromatic ring is 1. The van der Waals surface area contributed by atoms with Crippen LogP contribution in [0.25, 0.3) is 11.2 Å². The molecule has 1 aliphatic rings. The number of carbonyl (C=O) groups is 2. The van der Waals surface area contributed by atoms with Gasteiger partial charge >= 0.3 is 13.7 Å². The van der Waals surface area contributed by atoms with Gasteiger partial charge in [-0.15, -0.1) is 0 Å². The number of anilines is 2. The Labute approximate surface area is 253 Å². The first kappa shape index (κ1) is 33.2. The molecule has 3 aromatic rings. The smallest absolute Gasteiger partial charge is 0.459 e. The molecule has 0 aliphatic carbocycles. The van der Waals surface area contributed by atoms with Gasteiger partial charge in [-0.25, -0.2) is 13.9 Å². The number of fused-ring (bicyclic) bond motifs is 1. The van der Waals surface area contributed by atoms with Crippen LogP contribution in [0.3, 0.4) is 0 Å². The normalized spacial score (nSPS) is 23.9. The summed E-state index contributed by atoms with van der Waals surface area (Å²) in [6, 6.07) is 6.95. The van der Waals surface area contributed by atoms with Crippen molar-refractivity contribution in [2.24, 2.45) is 5.92 Å². The SMILES string of the molecule is CC(C)OC(=O)[C@H](C)NP(=O)(OC[C@H]1O[C@@H](n2cnc3c(NC(=O)C(C)C)nc(N)nc32)[C@](C)(F)[C@@H]1O)Oc1ccccc1. The van der Waals surface area contributed by atoms with E-state index in [2.05, 4.69) is 25.4 Å². The van der Waals surface area contributed by atoms with E-state index in [0.29, 0.717) is 0 Å². The number of para-hydroxylation sites is 1. The molecule has 1 aliphatic heterocycles. The average Bonchev–Trinajstić information content (AvgIpc) is 3.45. The van der Waals surface area contributed by atoms with E-state index in [-0.39, 0.29) is 40.5 Å². The minimum Gasteiger partial charge on any atom is -0.462 e. The van der Waals surface area contributed by atoms with Crippen LogP contribution in [0, 0.1) is 5.92 Å². The van der Waals surface area contributed by atoms with Gasteiger partial charge < -0.3 is 30.2 Å². The van der Waals surface area contributed by atoms with E-state index >= 15 is 4.39 Å². The Balaban J connectivity index is 1.58. The van der Waals surface area contributed by atoms with Gasteiger partial charge in [0, 0.05) is 5.92 Å². The maximum Gasteiger partial charge on any atom is 0.459 e. The highest BCUT2D eigenvalue weighted by molar-refractivity contribution is 7.52. The van der Waals surface area contributed by atoms with E-state index < -0.39 is 56.6 Å². The summed E-state index contributed by atoms with van der Waals surface area (Å²) in [7, 11) is -4.33. The number of halogens is 1. The number of aliphatic hydroxyl groups excluding tert-OH is 1. The highest BCUT2D eigenvalue weighted by Gasteiger charge is 2.56. The van der Waals surface area contributed by atoms with Gasteiger partial charge in [-0.2, -0.15) is 15.1 Å². The van der Waals surface area contributed by atoms with Crippen LogP contribution in [0.5, 0.6) is 5.75 Å². The molecule has 4 rings (SSSR count). The Kier molecular flexibility index (Phi) is 9.90. The number of carbonyl (C=O) groups excluding carboxylic acids is 2. The predicted molar refractivity (Wildman–Crippen MR) is 157 cm³/mol. The number of imidazole rings is 1. The van der Waals surface area contributed by atoms with Crippen LogP contribution in [0.4, 0.5) is 16.2 Å². The first-order chi connectivity index (χ1) is 20.6. The van der Waals surface area contributed by atoms with E-state index in [1.54, 1.807) is 45.9 Å². The van der Waals surface area contributed by atoms with Gasteiger partial charge in [-0.05, 0) is 39.8 Å². The zero-order chi connectivity index (χ0) is 32.4. The zero-order valence-corrected chi connectivity index (χ0v) is 26.0. The van der Waals surface area contributed by atoms with E-state index in [4.69, 9.17) is 24.3 Å². The van der Waals surface area contributed by atoms with Gasteiger partial charge in [0.25, 0.3) is 0 Å². The molecular weight excluding hydrogens is 600 g/mol. The van der Waals surface area contributed by atoms with Gasteiger partial charge in [0.1, 0.15) is 24.0 Å². The molecule has 3 heterocycles. The number of hydrogen-bond acceptors (Lipinski definition) is 12. The first-order valence-electron chi connectivity index (χ1n) is 13.9. The molecule has 1 saturated heterocycles. The van der Waals surface area contributed by atoms with Gasteiger partial charge in [0.15, 0.2) is 28.9 Å². The second-order valence-corrected chi connectivity index (χ2v) is 12.7. The van der Waals surface area contributed by atoms with E-state index in [1.165, 1.54) is 30.0 Å². The maximum absolute atomic E-state index is 16.1. The predicted octanol–water partition coefficient (Wildman–Crippen LogP) is 3.12. The molecule has 17 heteroatoms. The number of benzene rings is 1. The van der Waals surface area contributed by atoms with Crippen LogP contribution >= 0.6 is 7.75 Å². The fourth-order valence-corrected chi connectivity index (χ4v) is 5.81. The molecule has 1 fully saturated rings. The summed E-state index contributed by atoms with van der Waals surface area (Å²) < 4.78 is 53.4. The fourth-order valence-electron chi connectivity index (χ4n) is 4.31. The van der Waals surface area contributed by atoms with Crippen molar-refractivity contribution >= 4 is 42.6 Å². The summed E-state index contributed by atoms with van der Waals surface area (Å²) in [5, 5.41) is 16.1. The van der Waals surface area contributed by atoms with Crippen molar-refractivity contribution in [1.82, 2.24) is 24.6 Å². The summed E-state index contributed by atoms with van der Waals surface area (Å²) in [5.41, 5.74) is 3.59. The number of nitrogens with zero attached hydrogens (tertiary/aromatic N) is 4. The lowest BCUT2D eigenvalue weighted by molar-refractivity contribution is -0.149. The fraction of sp³-hybridized carbons (Fsp3) is 0.519. The largest absolute Gasteiger partial charge is 0.462 e. The lowest BCUT2D eigenvalue weighted by Crippen LogP contribution is -2.41. The molecule has 240 valence electrons. The highest BCUT2D eigenvalue weighted by atomic mass is 31.2. The standard InChI is InChI=1S/C27H37FN7O8P/c1-14(2)23(37)31-21-19-22(33-26(29)32-21)35(13-30-19)25-27(6,28)20(36)18(42-25)12-40-44(39,43-17-10-8-7-9-11-17)34-16(5)24(38)41-15(3)4/h7-11,13-16,18,20,25,36H,12H2,1-6H3,(H,34,39)(H3,29,31,32,33,37)/t16-,18+,20+,25+,27+,44?/m0/s1. The average molecular weight is 638 g/mol. The molecule has 1 amide bonds. The summed E-state index contributed by atoms with van der Waals surface area (Å²) >= 11 is 0. The van der Waals surface area contributed by atoms with E-state index in [0.717, 1.165) is 6.92 Å². The van der Waals surface area contributed by atoms with Crippen LogP contribution < -0.4 is 20.7 Å². The molecule has 0 bridgehead atoms. The number of amides is 1. The molecule has 0 saturated carbocycles. The van der Waals surface area contributed by atoms with Crippen molar-refractivity contribution in [3.05, 3.63) is 36.7 Å². The van der Waals surface area contributed by atoms with Crippen molar-refractivity contribution in [1.29, 1.82) is 0 Å². The third-order valence-electron chi connectivity index (χ3n) is 6.61. The number of nitrogens with two attached hydrogens (primary N) is 1. The number of aliphatic hydroxyl groups is 1. The molecule has 6 atom stereocenters. The maximum atomic E-state index is 16.1. The van der Waals surface area contributed by atoms with Crippen molar-refractivity contribution in [3.8, 4) is 5.75 Å². The Hall–Kier alpha value is -3.69. The van der Waals surface area contributed by atoms with Gasteiger partial charge in [0.05, 0.1) is 19.0 Å². The number of esters is 1. The van der Waals surface area contributed by atoms with Crippen molar-refractivity contribution in [2.45, 2.75) is 77.8 Å². The Morgan fingerprint density at radius 2 is 1.89 bits per heavy atom. The molecule has 0 radical (unpaired) electrons. The van der Waals surface area contributed by atoms with E-state index in [1.807, 2.05) is 0 Å². The number of aromatic nitrogens is 4. The van der Waals surface area contributed by atoms with Gasteiger partial charge in [-0.3, -0.25) is 18.7 Å². The summed E-state index contributed by atoms with van der Waals surface area (Å²) in [6.45, 7) is 8.63. The minimum absolute atomic E-state index is 0.0270.